The predicted molar refractivity (Wildman–Crippen MR) is 92.0 cm³/mol. The Balaban J connectivity index is 1.52. The summed E-state index contributed by atoms with van der Waals surface area (Å²) in [6.45, 7) is 1.23. The van der Waals surface area contributed by atoms with Gasteiger partial charge in [-0.15, -0.1) is 13.2 Å². The van der Waals surface area contributed by atoms with E-state index in [1.54, 1.807) is 24.3 Å². The molecule has 1 amide bonds. The average Bonchev–Trinajstić information content (AvgIpc) is 3.14. The highest BCUT2D eigenvalue weighted by atomic mass is 19.4. The molecular formula is C19H18F3NO4. The molecule has 1 saturated heterocycles. The van der Waals surface area contributed by atoms with Crippen LogP contribution in [-0.2, 0) is 4.74 Å². The third-order valence-electron chi connectivity index (χ3n) is 3.92. The third kappa shape index (κ3) is 5.89. The molecule has 1 atom stereocenters. The van der Waals surface area contributed by atoms with Crippen LogP contribution in [0.15, 0.2) is 48.5 Å². The van der Waals surface area contributed by atoms with Gasteiger partial charge in [-0.25, -0.2) is 0 Å². The standard InChI is InChI=1S/C19H18F3NO4/c20-19(21,22)27-16-9-5-14(6-10-16)23-18(24)13-3-7-15(8-4-13)26-12-17-2-1-11-25-17/h3-10,17H,1-2,11-12H2,(H,23,24). The first-order valence-electron chi connectivity index (χ1n) is 8.41. The second kappa shape index (κ2) is 8.30. The fraction of sp³-hybridized carbons (Fsp3) is 0.316. The largest absolute Gasteiger partial charge is 0.573 e. The average molecular weight is 381 g/mol. The third-order valence-corrected chi connectivity index (χ3v) is 3.92. The predicted octanol–water partition coefficient (Wildman–Crippen LogP) is 4.40. The molecule has 2 aromatic carbocycles. The van der Waals surface area contributed by atoms with Crippen LogP contribution < -0.4 is 14.8 Å². The molecule has 0 spiro atoms. The van der Waals surface area contributed by atoms with E-state index < -0.39 is 6.36 Å². The zero-order chi connectivity index (χ0) is 19.3. The van der Waals surface area contributed by atoms with E-state index in [0.29, 0.717) is 23.6 Å². The molecule has 1 N–H and O–H groups in total. The van der Waals surface area contributed by atoms with Crippen LogP contribution in [0.4, 0.5) is 18.9 Å². The minimum absolute atomic E-state index is 0.109. The second-order valence-corrected chi connectivity index (χ2v) is 6.00. The molecule has 1 aliphatic heterocycles. The minimum Gasteiger partial charge on any atom is -0.491 e. The summed E-state index contributed by atoms with van der Waals surface area (Å²) in [6, 6.07) is 11.5. The first-order valence-corrected chi connectivity index (χ1v) is 8.41. The van der Waals surface area contributed by atoms with Crippen molar-refractivity contribution >= 4 is 11.6 Å². The van der Waals surface area contributed by atoms with E-state index in [1.165, 1.54) is 12.1 Å². The second-order valence-electron chi connectivity index (χ2n) is 6.00. The van der Waals surface area contributed by atoms with Crippen LogP contribution in [0.3, 0.4) is 0 Å². The Morgan fingerprint density at radius 1 is 1.07 bits per heavy atom. The maximum absolute atomic E-state index is 12.2. The highest BCUT2D eigenvalue weighted by Gasteiger charge is 2.30. The van der Waals surface area contributed by atoms with Gasteiger partial charge in [0.05, 0.1) is 6.10 Å². The van der Waals surface area contributed by atoms with E-state index in [0.717, 1.165) is 31.6 Å². The number of amides is 1. The number of carbonyl (C=O) groups excluding carboxylic acids is 1. The first-order chi connectivity index (χ1) is 12.9. The Hall–Kier alpha value is -2.74. The SMILES string of the molecule is O=C(Nc1ccc(OC(F)(F)F)cc1)c1ccc(OCC2CCCO2)cc1. The first kappa shape index (κ1) is 19.0. The van der Waals surface area contributed by atoms with E-state index in [9.17, 15) is 18.0 Å². The van der Waals surface area contributed by atoms with E-state index in [2.05, 4.69) is 10.1 Å². The Bertz CT molecular complexity index is 754. The molecule has 0 saturated carbocycles. The lowest BCUT2D eigenvalue weighted by Gasteiger charge is -2.12. The number of benzene rings is 2. The van der Waals surface area contributed by atoms with Gasteiger partial charge in [0.15, 0.2) is 0 Å². The van der Waals surface area contributed by atoms with Crippen molar-refractivity contribution in [3.8, 4) is 11.5 Å². The summed E-state index contributed by atoms with van der Waals surface area (Å²) in [6.07, 6.45) is -2.63. The number of nitrogens with one attached hydrogen (secondary N) is 1. The normalized spacial score (nSPS) is 16.8. The molecule has 0 radical (unpaired) electrons. The molecule has 0 aromatic heterocycles. The van der Waals surface area contributed by atoms with Crippen molar-refractivity contribution < 1.29 is 32.2 Å². The van der Waals surface area contributed by atoms with Crippen molar-refractivity contribution in [2.75, 3.05) is 18.5 Å². The fourth-order valence-corrected chi connectivity index (χ4v) is 2.61. The molecule has 1 aliphatic rings. The maximum atomic E-state index is 12.2. The van der Waals surface area contributed by atoms with Crippen LogP contribution in [0.5, 0.6) is 11.5 Å². The van der Waals surface area contributed by atoms with Crippen molar-refractivity contribution in [1.82, 2.24) is 0 Å². The van der Waals surface area contributed by atoms with Crippen LogP contribution in [0.2, 0.25) is 0 Å². The van der Waals surface area contributed by atoms with E-state index in [4.69, 9.17) is 9.47 Å². The number of carbonyl (C=O) groups is 1. The molecule has 144 valence electrons. The van der Waals surface area contributed by atoms with Crippen molar-refractivity contribution in [1.29, 1.82) is 0 Å². The van der Waals surface area contributed by atoms with E-state index in [-0.39, 0.29) is 17.8 Å². The lowest BCUT2D eigenvalue weighted by Crippen LogP contribution is -2.17. The number of alkyl halides is 3. The molecule has 3 rings (SSSR count). The summed E-state index contributed by atoms with van der Waals surface area (Å²) in [5.74, 6) is -0.103. The van der Waals surface area contributed by atoms with Gasteiger partial charge in [0.25, 0.3) is 5.91 Å². The van der Waals surface area contributed by atoms with Crippen molar-refractivity contribution in [3.63, 3.8) is 0 Å². The fourth-order valence-electron chi connectivity index (χ4n) is 2.61. The van der Waals surface area contributed by atoms with Crippen LogP contribution in [-0.4, -0.2) is 31.6 Å². The minimum atomic E-state index is -4.75. The van der Waals surface area contributed by atoms with Gasteiger partial charge in [-0.2, -0.15) is 0 Å². The van der Waals surface area contributed by atoms with Gasteiger partial charge in [0.1, 0.15) is 18.1 Å². The van der Waals surface area contributed by atoms with Gasteiger partial charge in [-0.05, 0) is 61.4 Å². The number of rotatable bonds is 6. The summed E-state index contributed by atoms with van der Waals surface area (Å²) >= 11 is 0. The van der Waals surface area contributed by atoms with Crippen LogP contribution >= 0.6 is 0 Å². The zero-order valence-electron chi connectivity index (χ0n) is 14.3. The Labute approximate surface area is 154 Å². The number of hydrogen-bond acceptors (Lipinski definition) is 4. The molecule has 0 aliphatic carbocycles. The lowest BCUT2D eigenvalue weighted by molar-refractivity contribution is -0.274. The topological polar surface area (TPSA) is 56.8 Å². The molecule has 1 fully saturated rings. The number of ether oxygens (including phenoxy) is 3. The van der Waals surface area contributed by atoms with Gasteiger partial charge in [0.2, 0.25) is 0 Å². The maximum Gasteiger partial charge on any atom is 0.573 e. The zero-order valence-corrected chi connectivity index (χ0v) is 14.3. The van der Waals surface area contributed by atoms with Crippen molar-refractivity contribution in [2.24, 2.45) is 0 Å². The number of anilines is 1. The highest BCUT2D eigenvalue weighted by molar-refractivity contribution is 6.04. The Morgan fingerprint density at radius 2 is 1.74 bits per heavy atom. The van der Waals surface area contributed by atoms with Gasteiger partial charge < -0.3 is 19.5 Å². The van der Waals surface area contributed by atoms with Crippen LogP contribution in [0, 0.1) is 0 Å². The Kier molecular flexibility index (Phi) is 5.85. The van der Waals surface area contributed by atoms with Crippen molar-refractivity contribution in [3.05, 3.63) is 54.1 Å². The molecule has 1 heterocycles. The number of hydrogen-bond donors (Lipinski definition) is 1. The molecule has 2 aromatic rings. The molecule has 0 bridgehead atoms. The highest BCUT2D eigenvalue weighted by Crippen LogP contribution is 2.24. The van der Waals surface area contributed by atoms with Gasteiger partial charge in [-0.3, -0.25) is 4.79 Å². The monoisotopic (exact) mass is 381 g/mol. The molecule has 5 nitrogen and oxygen atoms in total. The smallest absolute Gasteiger partial charge is 0.491 e. The number of halogens is 3. The summed E-state index contributed by atoms with van der Waals surface area (Å²) in [5.41, 5.74) is 0.753. The van der Waals surface area contributed by atoms with E-state index >= 15 is 0 Å². The van der Waals surface area contributed by atoms with E-state index in [1.807, 2.05) is 0 Å². The van der Waals surface area contributed by atoms with Gasteiger partial charge in [0, 0.05) is 17.9 Å². The van der Waals surface area contributed by atoms with Crippen LogP contribution in [0.1, 0.15) is 23.2 Å². The van der Waals surface area contributed by atoms with Gasteiger partial charge in [-0.1, -0.05) is 0 Å². The summed E-state index contributed by atoms with van der Waals surface area (Å²) in [5, 5.41) is 2.61. The molecule has 8 heteroatoms. The summed E-state index contributed by atoms with van der Waals surface area (Å²) in [4.78, 5) is 12.2. The van der Waals surface area contributed by atoms with Gasteiger partial charge >= 0.3 is 6.36 Å². The van der Waals surface area contributed by atoms with Crippen LogP contribution in [0.25, 0.3) is 0 Å². The quantitative estimate of drug-likeness (QED) is 0.806. The molecule has 27 heavy (non-hydrogen) atoms. The summed E-state index contributed by atoms with van der Waals surface area (Å²) in [7, 11) is 0. The summed E-state index contributed by atoms with van der Waals surface area (Å²) < 4.78 is 51.3. The van der Waals surface area contributed by atoms with Crippen molar-refractivity contribution in [2.45, 2.75) is 25.3 Å². The Morgan fingerprint density at radius 3 is 2.33 bits per heavy atom. The molecule has 1 unspecified atom stereocenters. The molecular weight excluding hydrogens is 363 g/mol. The lowest BCUT2D eigenvalue weighted by atomic mass is 10.2.